The van der Waals surface area contributed by atoms with Gasteiger partial charge in [0.2, 0.25) is 0 Å². The Labute approximate surface area is 129 Å². The van der Waals surface area contributed by atoms with E-state index in [-0.39, 0.29) is 0 Å². The second-order valence-corrected chi connectivity index (χ2v) is 6.17. The topological polar surface area (TPSA) is 17.8 Å². The third-order valence-corrected chi connectivity index (χ3v) is 4.51. The molecule has 0 unspecified atom stereocenters. The minimum atomic E-state index is 0.584. The summed E-state index contributed by atoms with van der Waals surface area (Å²) in [5.74, 6) is 6.43. The van der Waals surface area contributed by atoms with Gasteiger partial charge in [-0.2, -0.15) is 5.10 Å². The lowest BCUT2D eigenvalue weighted by Crippen LogP contribution is -2.19. The molecule has 0 atom stereocenters. The molecule has 0 bridgehead atoms. The molecule has 1 aliphatic rings. The van der Waals surface area contributed by atoms with Crippen molar-refractivity contribution >= 4 is 37.7 Å². The maximum atomic E-state index is 4.86. The lowest BCUT2D eigenvalue weighted by Gasteiger charge is -2.23. The van der Waals surface area contributed by atoms with E-state index >= 15 is 0 Å². The summed E-state index contributed by atoms with van der Waals surface area (Å²) in [6.45, 7) is 2.09. The second-order valence-electron chi connectivity index (χ2n) is 6.17. The van der Waals surface area contributed by atoms with E-state index in [9.17, 15) is 0 Å². The normalized spacial score (nSPS) is 15.9. The number of benzene rings is 1. The molecule has 1 fully saturated rings. The first-order valence-corrected chi connectivity index (χ1v) is 8.19. The van der Waals surface area contributed by atoms with Gasteiger partial charge in [0.15, 0.2) is 7.85 Å². The van der Waals surface area contributed by atoms with Crippen LogP contribution in [0.2, 0.25) is 0 Å². The van der Waals surface area contributed by atoms with Crippen LogP contribution in [0.5, 0.6) is 0 Å². The van der Waals surface area contributed by atoms with Crippen molar-refractivity contribution in [3.05, 3.63) is 17.7 Å². The van der Waals surface area contributed by atoms with Crippen molar-refractivity contribution in [1.82, 2.24) is 9.78 Å². The van der Waals surface area contributed by atoms with Crippen LogP contribution in [-0.4, -0.2) is 25.5 Å². The fraction of sp³-hybridized carbons (Fsp3) is 0.471. The number of hydrogen-bond donors (Lipinski definition) is 0. The highest BCUT2D eigenvalue weighted by molar-refractivity contribution is 6.43. The van der Waals surface area contributed by atoms with Crippen LogP contribution in [0.25, 0.3) is 10.9 Å². The van der Waals surface area contributed by atoms with Gasteiger partial charge in [-0.05, 0) is 18.9 Å². The van der Waals surface area contributed by atoms with E-state index in [2.05, 4.69) is 51.3 Å². The molecule has 1 aliphatic carbocycles. The SMILES string of the molecule is Bc1nn(C2CCCCC2)c2c(B)cc(C#CCC)cc12. The molecule has 0 aliphatic heterocycles. The van der Waals surface area contributed by atoms with Crippen molar-refractivity contribution < 1.29 is 0 Å². The summed E-state index contributed by atoms with van der Waals surface area (Å²) < 4.78 is 2.30. The van der Waals surface area contributed by atoms with Crippen molar-refractivity contribution in [2.24, 2.45) is 0 Å². The van der Waals surface area contributed by atoms with Gasteiger partial charge in [0.25, 0.3) is 0 Å². The van der Waals surface area contributed by atoms with Crippen LogP contribution < -0.4 is 11.1 Å². The molecule has 21 heavy (non-hydrogen) atoms. The average molecular weight is 276 g/mol. The summed E-state index contributed by atoms with van der Waals surface area (Å²) in [7, 11) is 4.32. The van der Waals surface area contributed by atoms with Gasteiger partial charge in [0.05, 0.1) is 11.6 Å². The Balaban J connectivity index is 2.11. The Morgan fingerprint density at radius 2 is 2.00 bits per heavy atom. The van der Waals surface area contributed by atoms with Crippen molar-refractivity contribution in [2.45, 2.75) is 51.5 Å². The van der Waals surface area contributed by atoms with Gasteiger partial charge in [0, 0.05) is 23.0 Å². The fourth-order valence-corrected chi connectivity index (χ4v) is 3.48. The van der Waals surface area contributed by atoms with Crippen molar-refractivity contribution in [3.8, 4) is 11.8 Å². The molecule has 4 heteroatoms. The monoisotopic (exact) mass is 276 g/mol. The highest BCUT2D eigenvalue weighted by Crippen LogP contribution is 2.29. The molecular formula is C17H22B2N2. The summed E-state index contributed by atoms with van der Waals surface area (Å²) in [5.41, 5.74) is 4.88. The van der Waals surface area contributed by atoms with Crippen LogP contribution in [0, 0.1) is 11.8 Å². The highest BCUT2D eigenvalue weighted by atomic mass is 15.3. The van der Waals surface area contributed by atoms with Gasteiger partial charge < -0.3 is 0 Å². The zero-order valence-corrected chi connectivity index (χ0v) is 13.4. The smallest absolute Gasteiger partial charge is 0.167 e. The summed E-state index contributed by atoms with van der Waals surface area (Å²) in [6.07, 6.45) is 7.50. The Bertz CT molecular complexity index is 716. The number of hydrogen-bond acceptors (Lipinski definition) is 1. The zero-order chi connectivity index (χ0) is 14.8. The third kappa shape index (κ3) is 2.75. The molecule has 2 aromatic rings. The van der Waals surface area contributed by atoms with E-state index in [1.807, 2.05) is 0 Å². The molecule has 0 spiro atoms. The zero-order valence-electron chi connectivity index (χ0n) is 13.4. The van der Waals surface area contributed by atoms with Gasteiger partial charge in [0.1, 0.15) is 7.85 Å². The molecule has 0 amide bonds. The minimum absolute atomic E-state index is 0.584. The first kappa shape index (κ1) is 14.3. The maximum Gasteiger partial charge on any atom is 0.167 e. The van der Waals surface area contributed by atoms with Crippen LogP contribution in [0.1, 0.15) is 57.1 Å². The lowest BCUT2D eigenvalue weighted by atomic mass is 9.88. The van der Waals surface area contributed by atoms with Crippen LogP contribution in [0.3, 0.4) is 0 Å². The maximum absolute atomic E-state index is 4.86. The van der Waals surface area contributed by atoms with Crippen molar-refractivity contribution in [1.29, 1.82) is 0 Å². The Hall–Kier alpha value is -1.62. The number of aromatic nitrogens is 2. The van der Waals surface area contributed by atoms with E-state index in [4.69, 9.17) is 5.10 Å². The summed E-state index contributed by atoms with van der Waals surface area (Å²) in [6, 6.07) is 5.01. The number of nitrogens with zero attached hydrogens (tertiary/aromatic N) is 2. The molecule has 2 nitrogen and oxygen atoms in total. The molecule has 106 valence electrons. The quantitative estimate of drug-likeness (QED) is 0.557. The van der Waals surface area contributed by atoms with Crippen LogP contribution in [-0.2, 0) is 0 Å². The second kappa shape index (κ2) is 6.02. The van der Waals surface area contributed by atoms with Crippen molar-refractivity contribution in [3.63, 3.8) is 0 Å². The van der Waals surface area contributed by atoms with Gasteiger partial charge >= 0.3 is 0 Å². The van der Waals surface area contributed by atoms with Gasteiger partial charge in [-0.3, -0.25) is 4.68 Å². The molecule has 1 aromatic carbocycles. The summed E-state index contributed by atoms with van der Waals surface area (Å²) in [4.78, 5) is 0. The molecule has 0 saturated heterocycles. The first-order chi connectivity index (χ1) is 10.2. The van der Waals surface area contributed by atoms with Gasteiger partial charge in [-0.25, -0.2) is 0 Å². The van der Waals surface area contributed by atoms with E-state index in [1.165, 1.54) is 48.5 Å². The van der Waals surface area contributed by atoms with E-state index in [0.717, 1.165) is 17.6 Å². The molecule has 3 rings (SSSR count). The molecule has 0 N–H and O–H groups in total. The number of rotatable bonds is 1. The van der Waals surface area contributed by atoms with Gasteiger partial charge in [-0.15, -0.1) is 0 Å². The average Bonchev–Trinajstić information content (AvgIpc) is 2.84. The third-order valence-electron chi connectivity index (χ3n) is 4.51. The Morgan fingerprint density at radius 3 is 2.71 bits per heavy atom. The summed E-state index contributed by atoms with van der Waals surface area (Å²) >= 11 is 0. The van der Waals surface area contributed by atoms with Crippen LogP contribution in [0.15, 0.2) is 12.1 Å². The Kier molecular flexibility index (Phi) is 4.10. The number of fused-ring (bicyclic) bond motifs is 1. The van der Waals surface area contributed by atoms with Crippen LogP contribution >= 0.6 is 0 Å². The van der Waals surface area contributed by atoms with E-state index in [0.29, 0.717) is 6.04 Å². The minimum Gasteiger partial charge on any atom is -0.263 e. The predicted octanol–water partition coefficient (Wildman–Crippen LogP) is 0.820. The molecule has 1 aromatic heterocycles. The highest BCUT2D eigenvalue weighted by Gasteiger charge is 2.20. The largest absolute Gasteiger partial charge is 0.263 e. The lowest BCUT2D eigenvalue weighted by molar-refractivity contribution is 0.338. The fourth-order valence-electron chi connectivity index (χ4n) is 3.48. The predicted molar refractivity (Wildman–Crippen MR) is 95.4 cm³/mol. The van der Waals surface area contributed by atoms with Crippen molar-refractivity contribution in [2.75, 3.05) is 0 Å². The molecule has 1 heterocycles. The van der Waals surface area contributed by atoms with E-state index < -0.39 is 0 Å². The van der Waals surface area contributed by atoms with Gasteiger partial charge in [-0.1, -0.05) is 49.6 Å². The first-order valence-electron chi connectivity index (χ1n) is 8.19. The Morgan fingerprint density at radius 1 is 1.24 bits per heavy atom. The van der Waals surface area contributed by atoms with Crippen LogP contribution in [0.4, 0.5) is 0 Å². The summed E-state index contributed by atoms with van der Waals surface area (Å²) in [5, 5.41) is 6.14. The standard InChI is InChI=1S/C17H22B2N2/c1-2-3-7-12-10-14-16(15(18)11-12)21(20-17(14)19)13-8-5-4-6-9-13/h10-11,13H,2,4-6,8-9,18-19H2,1H3. The molecular weight excluding hydrogens is 254 g/mol. The molecule has 0 radical (unpaired) electrons. The molecule has 1 saturated carbocycles. The van der Waals surface area contributed by atoms with E-state index in [1.54, 1.807) is 0 Å².